The maximum Gasteiger partial charge on any atom is 0.258 e. The summed E-state index contributed by atoms with van der Waals surface area (Å²) in [5, 5.41) is 7.51. The first-order chi connectivity index (χ1) is 10.3. The fraction of sp³-hybridized carbons (Fsp3) is 0. The Morgan fingerprint density at radius 1 is 0.905 bits per heavy atom. The molecule has 6 heteroatoms. The maximum absolute atomic E-state index is 12.3. The molecule has 2 aromatic rings. The van der Waals surface area contributed by atoms with E-state index in [4.69, 9.17) is 0 Å². The number of aromatic nitrogens is 1. The first-order valence-corrected chi connectivity index (χ1v) is 7.19. The van der Waals surface area contributed by atoms with Crippen LogP contribution in [0.15, 0.2) is 53.2 Å². The average molecular weight is 295 g/mol. The fourth-order valence-electron chi connectivity index (χ4n) is 2.52. The molecular weight excluding hydrogens is 286 g/mol. The van der Waals surface area contributed by atoms with Crippen molar-refractivity contribution in [2.45, 2.75) is 0 Å². The summed E-state index contributed by atoms with van der Waals surface area (Å²) in [6, 6.07) is 7.30. The smallest absolute Gasteiger partial charge is 0.258 e. The van der Waals surface area contributed by atoms with Gasteiger partial charge in [-0.1, -0.05) is 6.07 Å². The lowest BCUT2D eigenvalue weighted by Gasteiger charge is -2.05. The van der Waals surface area contributed by atoms with Gasteiger partial charge in [-0.25, -0.2) is 0 Å². The predicted octanol–water partition coefficient (Wildman–Crippen LogP) is 1.53. The third-order valence-electron chi connectivity index (χ3n) is 3.42. The lowest BCUT2D eigenvalue weighted by molar-refractivity contribution is -0.117. The number of fused-ring (bicyclic) bond motifs is 1. The van der Waals surface area contributed by atoms with Crippen LogP contribution in [0.2, 0.25) is 0 Å². The van der Waals surface area contributed by atoms with Crippen LogP contribution in [-0.2, 0) is 9.59 Å². The summed E-state index contributed by atoms with van der Waals surface area (Å²) >= 11 is 1.49. The van der Waals surface area contributed by atoms with Crippen molar-refractivity contribution in [3.05, 3.63) is 63.6 Å². The molecule has 0 radical (unpaired) electrons. The van der Waals surface area contributed by atoms with E-state index < -0.39 is 0 Å². The highest BCUT2D eigenvalue weighted by molar-refractivity contribution is 7.11. The highest BCUT2D eigenvalue weighted by Gasteiger charge is 2.40. The van der Waals surface area contributed by atoms with E-state index in [2.05, 4.69) is 15.6 Å². The van der Waals surface area contributed by atoms with E-state index in [-0.39, 0.29) is 11.8 Å². The molecule has 0 aliphatic carbocycles. The highest BCUT2D eigenvalue weighted by Crippen LogP contribution is 2.37. The molecule has 0 fully saturated rings. The number of carbonyl (C=O) groups is 2. The summed E-state index contributed by atoms with van der Waals surface area (Å²) < 4.78 is 0. The van der Waals surface area contributed by atoms with E-state index in [1.54, 1.807) is 24.5 Å². The zero-order valence-corrected chi connectivity index (χ0v) is 11.5. The normalized spacial score (nSPS) is 17.1. The number of nitrogens with one attached hydrogen (secondary N) is 2. The number of amides is 2. The molecule has 5 nitrogen and oxygen atoms in total. The van der Waals surface area contributed by atoms with Gasteiger partial charge in [-0.05, 0) is 23.6 Å². The van der Waals surface area contributed by atoms with Gasteiger partial charge in [0.05, 0.1) is 27.4 Å². The molecule has 0 unspecified atom stereocenters. The Balaban J connectivity index is 1.94. The van der Waals surface area contributed by atoms with Crippen molar-refractivity contribution in [1.29, 1.82) is 0 Å². The van der Waals surface area contributed by atoms with Crippen LogP contribution in [0.3, 0.4) is 0 Å². The Morgan fingerprint density at radius 3 is 2.24 bits per heavy atom. The Morgan fingerprint density at radius 2 is 1.57 bits per heavy atom. The van der Waals surface area contributed by atoms with Crippen molar-refractivity contribution in [3.63, 3.8) is 0 Å². The minimum absolute atomic E-state index is 0.251. The molecule has 2 aliphatic rings. The molecule has 102 valence electrons. The lowest BCUT2D eigenvalue weighted by Crippen LogP contribution is -2.21. The summed E-state index contributed by atoms with van der Waals surface area (Å²) in [5.41, 5.74) is 2.74. The van der Waals surface area contributed by atoms with Crippen molar-refractivity contribution in [3.8, 4) is 0 Å². The van der Waals surface area contributed by atoms with E-state index in [1.807, 2.05) is 17.5 Å². The maximum atomic E-state index is 12.3. The van der Waals surface area contributed by atoms with Crippen LogP contribution in [0.5, 0.6) is 0 Å². The molecule has 0 saturated heterocycles. The van der Waals surface area contributed by atoms with Gasteiger partial charge >= 0.3 is 0 Å². The number of nitrogens with zero attached hydrogens (tertiary/aromatic N) is 1. The van der Waals surface area contributed by atoms with Crippen LogP contribution in [0.4, 0.5) is 0 Å². The molecule has 0 bridgehead atoms. The third-order valence-corrected chi connectivity index (χ3v) is 4.31. The Labute approximate surface area is 124 Å². The molecule has 4 rings (SSSR count). The zero-order valence-electron chi connectivity index (χ0n) is 10.7. The van der Waals surface area contributed by atoms with E-state index in [0.29, 0.717) is 22.5 Å². The van der Waals surface area contributed by atoms with Gasteiger partial charge in [0.15, 0.2) is 0 Å². The molecule has 0 saturated carbocycles. The molecule has 2 N–H and O–H groups in total. The number of pyridine rings is 1. The molecule has 0 atom stereocenters. The van der Waals surface area contributed by atoms with Gasteiger partial charge in [0.2, 0.25) is 0 Å². The van der Waals surface area contributed by atoms with Gasteiger partial charge in [0.1, 0.15) is 0 Å². The van der Waals surface area contributed by atoms with Crippen molar-refractivity contribution < 1.29 is 9.59 Å². The first-order valence-electron chi connectivity index (χ1n) is 6.31. The van der Waals surface area contributed by atoms with E-state index >= 15 is 0 Å². The lowest BCUT2D eigenvalue weighted by atomic mass is 10.0. The van der Waals surface area contributed by atoms with Crippen LogP contribution < -0.4 is 10.6 Å². The van der Waals surface area contributed by atoms with Crippen molar-refractivity contribution >= 4 is 34.5 Å². The number of hydrogen-bond acceptors (Lipinski definition) is 4. The number of thiophene rings is 1. The van der Waals surface area contributed by atoms with Crippen LogP contribution >= 0.6 is 11.3 Å². The summed E-state index contributed by atoms with van der Waals surface area (Å²) in [4.78, 5) is 29.4. The summed E-state index contributed by atoms with van der Waals surface area (Å²) in [5.74, 6) is -0.503. The SMILES string of the molecule is O=C1NC(c2cccs2)=C2C(=O)NC(c3ccncc3)=C12. The molecule has 4 heterocycles. The first kappa shape index (κ1) is 12.0. The standard InChI is InChI=1S/C15H9N3O2S/c19-14-10-11(13(18-14)9-2-1-7-21-9)15(20)17-12(10)8-3-5-16-6-4-8/h1-7H,(H,17,20)(H,18,19). The van der Waals surface area contributed by atoms with Gasteiger partial charge in [0, 0.05) is 18.0 Å². The highest BCUT2D eigenvalue weighted by atomic mass is 32.1. The molecule has 21 heavy (non-hydrogen) atoms. The fourth-order valence-corrected chi connectivity index (χ4v) is 3.25. The summed E-state index contributed by atoms with van der Waals surface area (Å²) in [6.45, 7) is 0. The van der Waals surface area contributed by atoms with Crippen LogP contribution in [0.1, 0.15) is 10.4 Å². The van der Waals surface area contributed by atoms with Crippen molar-refractivity contribution in [1.82, 2.24) is 15.6 Å². The number of hydrogen-bond donors (Lipinski definition) is 2. The second kappa shape index (κ2) is 4.39. The predicted molar refractivity (Wildman–Crippen MR) is 78.7 cm³/mol. The van der Waals surface area contributed by atoms with Gasteiger partial charge in [-0.3, -0.25) is 14.6 Å². The summed E-state index contributed by atoms with van der Waals surface area (Å²) in [7, 11) is 0. The monoisotopic (exact) mass is 295 g/mol. The minimum atomic E-state index is -0.251. The van der Waals surface area contributed by atoms with Crippen LogP contribution in [-0.4, -0.2) is 16.8 Å². The molecule has 2 aromatic heterocycles. The van der Waals surface area contributed by atoms with E-state index in [0.717, 1.165) is 10.4 Å². The quantitative estimate of drug-likeness (QED) is 0.882. The van der Waals surface area contributed by atoms with Crippen molar-refractivity contribution in [2.24, 2.45) is 0 Å². The van der Waals surface area contributed by atoms with Crippen molar-refractivity contribution in [2.75, 3.05) is 0 Å². The molecule has 0 aromatic carbocycles. The summed E-state index contributed by atoms with van der Waals surface area (Å²) in [6.07, 6.45) is 3.26. The number of carbonyl (C=O) groups excluding carboxylic acids is 2. The van der Waals surface area contributed by atoms with Gasteiger partial charge < -0.3 is 10.6 Å². The van der Waals surface area contributed by atoms with Gasteiger partial charge in [0.25, 0.3) is 11.8 Å². The Hall–Kier alpha value is -2.73. The second-order valence-corrected chi connectivity index (χ2v) is 5.57. The molecular formula is C15H9N3O2S. The molecule has 0 spiro atoms. The second-order valence-electron chi connectivity index (χ2n) is 4.62. The zero-order chi connectivity index (χ0) is 14.4. The van der Waals surface area contributed by atoms with E-state index in [1.165, 1.54) is 11.3 Å². The largest absolute Gasteiger partial charge is 0.321 e. The Bertz CT molecular complexity index is 820. The van der Waals surface area contributed by atoms with Crippen LogP contribution in [0, 0.1) is 0 Å². The number of rotatable bonds is 2. The van der Waals surface area contributed by atoms with Gasteiger partial charge in [-0.2, -0.15) is 0 Å². The van der Waals surface area contributed by atoms with E-state index in [9.17, 15) is 9.59 Å². The minimum Gasteiger partial charge on any atom is -0.321 e. The van der Waals surface area contributed by atoms with Gasteiger partial charge in [-0.15, -0.1) is 11.3 Å². The van der Waals surface area contributed by atoms with Crippen LogP contribution in [0.25, 0.3) is 11.4 Å². The average Bonchev–Trinajstić information content (AvgIpc) is 3.19. The molecule has 2 aliphatic heterocycles. The molecule has 2 amide bonds. The Kier molecular flexibility index (Phi) is 2.52. The topological polar surface area (TPSA) is 71.1 Å². The third kappa shape index (κ3) is 1.73.